The smallest absolute Gasteiger partial charge is 0.253 e. The quantitative estimate of drug-likeness (QED) is 0.634. The molecule has 0 spiro atoms. The Morgan fingerprint density at radius 3 is 2.31 bits per heavy atom. The Morgan fingerprint density at radius 1 is 0.897 bits per heavy atom. The van der Waals surface area contributed by atoms with Crippen LogP contribution in [0.1, 0.15) is 22.6 Å². The molecule has 0 saturated carbocycles. The van der Waals surface area contributed by atoms with Gasteiger partial charge in [-0.2, -0.15) is 0 Å². The number of para-hydroxylation sites is 1. The van der Waals surface area contributed by atoms with Crippen molar-refractivity contribution in [1.82, 2.24) is 5.01 Å². The van der Waals surface area contributed by atoms with Crippen molar-refractivity contribution < 1.29 is 14.3 Å². The predicted molar refractivity (Wildman–Crippen MR) is 113 cm³/mol. The van der Waals surface area contributed by atoms with E-state index in [4.69, 9.17) is 9.47 Å². The highest BCUT2D eigenvalue weighted by Crippen LogP contribution is 2.41. The lowest BCUT2D eigenvalue weighted by Gasteiger charge is -2.29. The van der Waals surface area contributed by atoms with Crippen molar-refractivity contribution in [3.63, 3.8) is 0 Å². The van der Waals surface area contributed by atoms with E-state index < -0.39 is 0 Å². The molecule has 1 atom stereocenters. The van der Waals surface area contributed by atoms with Crippen LogP contribution >= 0.6 is 0 Å². The minimum absolute atomic E-state index is 0.0559. The first-order chi connectivity index (χ1) is 14.1. The van der Waals surface area contributed by atoms with Gasteiger partial charge in [0.1, 0.15) is 0 Å². The number of rotatable bonds is 6. The van der Waals surface area contributed by atoms with E-state index in [2.05, 4.69) is 0 Å². The number of carbonyl (C=O) groups excluding carboxylic acids is 1. The molecule has 148 valence electrons. The lowest BCUT2D eigenvalue weighted by atomic mass is 9.93. The molecule has 1 aliphatic heterocycles. The molecule has 0 N–H and O–H groups in total. The third kappa shape index (κ3) is 3.45. The maximum Gasteiger partial charge on any atom is 0.253 e. The largest absolute Gasteiger partial charge is 0.493 e. The third-order valence-corrected chi connectivity index (χ3v) is 5.27. The van der Waals surface area contributed by atoms with Gasteiger partial charge in [-0.1, -0.05) is 54.6 Å². The molecule has 5 heteroatoms. The summed E-state index contributed by atoms with van der Waals surface area (Å²) in [6.07, 6.45) is 0. The van der Waals surface area contributed by atoms with Gasteiger partial charge in [0.15, 0.2) is 11.5 Å². The van der Waals surface area contributed by atoms with Crippen molar-refractivity contribution in [2.45, 2.75) is 12.5 Å². The standard InChI is InChI=1S/C24H24N2O3/c1-25(16-17-13-14-21(28-2)22(15-17)29-3)26-20-12-8-7-11-19(20)23(24(26)27)18-9-5-4-6-10-18/h4-15,23H,16H2,1-3H3. The molecule has 0 bridgehead atoms. The van der Waals surface area contributed by atoms with Gasteiger partial charge in [-0.25, -0.2) is 10.0 Å². The molecule has 29 heavy (non-hydrogen) atoms. The summed E-state index contributed by atoms with van der Waals surface area (Å²) in [5, 5.41) is 3.73. The number of methoxy groups -OCH3 is 2. The van der Waals surface area contributed by atoms with E-state index in [1.165, 1.54) is 0 Å². The fraction of sp³-hybridized carbons (Fsp3) is 0.208. The van der Waals surface area contributed by atoms with E-state index >= 15 is 0 Å². The summed E-state index contributed by atoms with van der Waals surface area (Å²) in [6.45, 7) is 0.557. The fourth-order valence-electron chi connectivity index (χ4n) is 3.93. The van der Waals surface area contributed by atoms with Gasteiger partial charge in [-0.3, -0.25) is 4.79 Å². The summed E-state index contributed by atoms with van der Waals surface area (Å²) in [6, 6.07) is 23.7. The van der Waals surface area contributed by atoms with Crippen LogP contribution in [0.3, 0.4) is 0 Å². The van der Waals surface area contributed by atoms with Crippen molar-refractivity contribution in [2.24, 2.45) is 0 Å². The highest BCUT2D eigenvalue weighted by atomic mass is 16.5. The molecule has 3 aromatic carbocycles. The Morgan fingerprint density at radius 2 is 1.59 bits per heavy atom. The van der Waals surface area contributed by atoms with Gasteiger partial charge in [0.2, 0.25) is 0 Å². The maximum absolute atomic E-state index is 13.5. The van der Waals surface area contributed by atoms with Crippen LogP contribution < -0.4 is 14.5 Å². The van der Waals surface area contributed by atoms with Crippen molar-refractivity contribution in [3.8, 4) is 11.5 Å². The molecule has 0 saturated heterocycles. The van der Waals surface area contributed by atoms with Crippen molar-refractivity contribution in [2.75, 3.05) is 26.3 Å². The molecule has 0 aliphatic carbocycles. The van der Waals surface area contributed by atoms with Gasteiger partial charge in [0, 0.05) is 13.6 Å². The molecule has 5 nitrogen and oxygen atoms in total. The first-order valence-electron chi connectivity index (χ1n) is 9.54. The number of fused-ring (bicyclic) bond motifs is 1. The van der Waals surface area contributed by atoms with Gasteiger partial charge >= 0.3 is 0 Å². The minimum atomic E-state index is -0.291. The second-order valence-electron chi connectivity index (χ2n) is 7.06. The zero-order valence-electron chi connectivity index (χ0n) is 16.8. The number of amides is 1. The van der Waals surface area contributed by atoms with Crippen LogP contribution in [0.2, 0.25) is 0 Å². The zero-order valence-corrected chi connectivity index (χ0v) is 16.8. The Balaban J connectivity index is 1.65. The lowest BCUT2D eigenvalue weighted by Crippen LogP contribution is -2.42. The lowest BCUT2D eigenvalue weighted by molar-refractivity contribution is -0.121. The van der Waals surface area contributed by atoms with E-state index in [1.54, 1.807) is 19.2 Å². The van der Waals surface area contributed by atoms with E-state index in [1.807, 2.05) is 84.9 Å². The number of hydrogen-bond acceptors (Lipinski definition) is 4. The molecule has 0 aromatic heterocycles. The summed E-state index contributed by atoms with van der Waals surface area (Å²) in [5.41, 5.74) is 3.99. The first-order valence-corrected chi connectivity index (χ1v) is 9.54. The van der Waals surface area contributed by atoms with Gasteiger partial charge in [0.25, 0.3) is 5.91 Å². The number of anilines is 1. The van der Waals surface area contributed by atoms with Crippen LogP contribution in [0.4, 0.5) is 5.69 Å². The predicted octanol–water partition coefficient (Wildman–Crippen LogP) is 4.23. The van der Waals surface area contributed by atoms with Gasteiger partial charge in [-0.05, 0) is 34.9 Å². The maximum atomic E-state index is 13.5. The second kappa shape index (κ2) is 7.97. The monoisotopic (exact) mass is 388 g/mol. The first kappa shape index (κ1) is 19.0. The summed E-state index contributed by atoms with van der Waals surface area (Å²) in [5.74, 6) is 1.12. The Hall–Kier alpha value is -3.31. The topological polar surface area (TPSA) is 42.0 Å². The summed E-state index contributed by atoms with van der Waals surface area (Å²) in [4.78, 5) is 13.5. The fourth-order valence-corrected chi connectivity index (χ4v) is 3.93. The van der Waals surface area contributed by atoms with Crippen molar-refractivity contribution in [1.29, 1.82) is 0 Å². The summed E-state index contributed by atoms with van der Waals surface area (Å²) < 4.78 is 10.7. The number of benzene rings is 3. The van der Waals surface area contributed by atoms with Crippen molar-refractivity contribution in [3.05, 3.63) is 89.5 Å². The van der Waals surface area contributed by atoms with Crippen LogP contribution in [-0.2, 0) is 11.3 Å². The molecule has 1 unspecified atom stereocenters. The Bertz CT molecular complexity index is 1020. The molecular weight excluding hydrogens is 364 g/mol. The molecule has 1 aliphatic rings. The minimum Gasteiger partial charge on any atom is -0.493 e. The average Bonchev–Trinajstić information content (AvgIpc) is 3.06. The van der Waals surface area contributed by atoms with E-state index in [-0.39, 0.29) is 11.8 Å². The van der Waals surface area contributed by atoms with E-state index in [0.29, 0.717) is 18.0 Å². The van der Waals surface area contributed by atoms with Gasteiger partial charge in [0.05, 0.1) is 25.8 Å². The molecule has 0 radical (unpaired) electrons. The third-order valence-electron chi connectivity index (χ3n) is 5.27. The average molecular weight is 388 g/mol. The van der Waals surface area contributed by atoms with Gasteiger partial charge < -0.3 is 9.47 Å². The van der Waals surface area contributed by atoms with Gasteiger partial charge in [-0.15, -0.1) is 0 Å². The normalized spacial score (nSPS) is 15.5. The number of ether oxygens (including phenoxy) is 2. The molecule has 4 rings (SSSR count). The molecule has 0 fully saturated rings. The highest BCUT2D eigenvalue weighted by molar-refractivity contribution is 6.06. The molecular formula is C24H24N2O3. The number of nitrogens with zero attached hydrogens (tertiary/aromatic N) is 2. The SMILES string of the molecule is COc1ccc(CN(C)N2C(=O)C(c3ccccc3)c3ccccc32)cc1OC. The summed E-state index contributed by atoms with van der Waals surface area (Å²) >= 11 is 0. The van der Waals surface area contributed by atoms with Crippen molar-refractivity contribution >= 4 is 11.6 Å². The summed E-state index contributed by atoms with van der Waals surface area (Å²) in [7, 11) is 5.17. The van der Waals surface area contributed by atoms with E-state index in [9.17, 15) is 4.79 Å². The number of hydrazine groups is 1. The van der Waals surface area contributed by atoms with E-state index in [0.717, 1.165) is 22.4 Å². The van der Waals surface area contributed by atoms with Crippen LogP contribution in [0, 0.1) is 0 Å². The molecule has 1 heterocycles. The second-order valence-corrected chi connectivity index (χ2v) is 7.06. The van der Waals surface area contributed by atoms with Crippen LogP contribution in [-0.4, -0.2) is 32.2 Å². The molecule has 3 aromatic rings. The Labute approximate surface area is 171 Å². The van der Waals surface area contributed by atoms with Crippen LogP contribution in [0.5, 0.6) is 11.5 Å². The highest BCUT2D eigenvalue weighted by Gasteiger charge is 2.40. The number of carbonyl (C=O) groups is 1. The molecule has 1 amide bonds. The zero-order chi connectivity index (χ0) is 20.4. The number of hydrogen-bond donors (Lipinski definition) is 0. The van der Waals surface area contributed by atoms with Crippen LogP contribution in [0.15, 0.2) is 72.8 Å². The Kier molecular flexibility index (Phi) is 5.23. The van der Waals surface area contributed by atoms with Crippen LogP contribution in [0.25, 0.3) is 0 Å².